The summed E-state index contributed by atoms with van der Waals surface area (Å²) in [5.74, 6) is -0.823. The highest BCUT2D eigenvalue weighted by atomic mass is 35.5. The number of carbonyl (C=O) groups excluding carboxylic acids is 2. The fourth-order valence-electron chi connectivity index (χ4n) is 3.32. The molecule has 3 rings (SSSR count). The average Bonchev–Trinajstić information content (AvgIpc) is 2.90. The van der Waals surface area contributed by atoms with Crippen molar-refractivity contribution in [2.24, 2.45) is 0 Å². The van der Waals surface area contributed by atoms with E-state index in [4.69, 9.17) is 25.8 Å². The van der Waals surface area contributed by atoms with Crippen LogP contribution in [-0.2, 0) is 15.8 Å². The molecule has 0 spiro atoms. The maximum absolute atomic E-state index is 12.9. The Bertz CT molecular complexity index is 1450. The molecule has 0 aromatic heterocycles. The Morgan fingerprint density at radius 1 is 1.00 bits per heavy atom. The van der Waals surface area contributed by atoms with Gasteiger partial charge in [0.15, 0.2) is 18.1 Å². The monoisotopic (exact) mass is 559 g/mol. The van der Waals surface area contributed by atoms with Crippen LogP contribution in [0.15, 0.2) is 66.2 Å². The van der Waals surface area contributed by atoms with Crippen LogP contribution >= 0.6 is 11.6 Å². The largest absolute Gasteiger partial charge is 0.495 e. The molecule has 8 nitrogen and oxygen atoms in total. The lowest BCUT2D eigenvalue weighted by Crippen LogP contribution is -2.20. The molecule has 0 saturated carbocycles. The second-order valence-corrected chi connectivity index (χ2v) is 8.18. The third-order valence-corrected chi connectivity index (χ3v) is 5.39. The first kappa shape index (κ1) is 28.9. The summed E-state index contributed by atoms with van der Waals surface area (Å²) < 4.78 is 54.9. The predicted octanol–water partition coefficient (Wildman–Crippen LogP) is 5.94. The molecule has 2 amide bonds. The molecule has 202 valence electrons. The number of nitriles is 1. The Kier molecular flexibility index (Phi) is 9.41. The number of amides is 2. The molecule has 0 fully saturated rings. The van der Waals surface area contributed by atoms with Crippen LogP contribution in [0.25, 0.3) is 6.08 Å². The fourth-order valence-corrected chi connectivity index (χ4v) is 3.60. The van der Waals surface area contributed by atoms with E-state index in [1.165, 1.54) is 38.5 Å². The quantitative estimate of drug-likeness (QED) is 0.248. The average molecular weight is 560 g/mol. The highest BCUT2D eigenvalue weighted by Crippen LogP contribution is 2.37. The molecule has 0 heterocycles. The third-order valence-electron chi connectivity index (χ3n) is 5.10. The molecule has 0 unspecified atom stereocenters. The summed E-state index contributed by atoms with van der Waals surface area (Å²) in [5, 5.41) is 14.4. The molecular formula is C27H21ClF3N3O5. The maximum atomic E-state index is 12.9. The SMILES string of the molecule is COc1ccccc1NC(=O)COc1c(Cl)cc(/C=C(\C#N)C(=O)Nc2cccc(C(F)(F)F)c2)cc1OC. The number of rotatable bonds is 9. The van der Waals surface area contributed by atoms with E-state index >= 15 is 0 Å². The zero-order valence-electron chi connectivity index (χ0n) is 20.6. The smallest absolute Gasteiger partial charge is 0.416 e. The zero-order chi connectivity index (χ0) is 28.6. The Labute approximate surface area is 226 Å². The van der Waals surface area contributed by atoms with Crippen molar-refractivity contribution < 1.29 is 37.0 Å². The first-order valence-electron chi connectivity index (χ1n) is 11.1. The molecule has 0 atom stereocenters. The minimum atomic E-state index is -4.60. The van der Waals surface area contributed by atoms with Crippen LogP contribution in [0.3, 0.4) is 0 Å². The number of anilines is 2. The van der Waals surface area contributed by atoms with Crippen molar-refractivity contribution in [3.05, 3.63) is 82.4 Å². The first-order valence-corrected chi connectivity index (χ1v) is 11.5. The number of ether oxygens (including phenoxy) is 3. The van der Waals surface area contributed by atoms with Gasteiger partial charge >= 0.3 is 6.18 Å². The van der Waals surface area contributed by atoms with Crippen molar-refractivity contribution in [1.29, 1.82) is 5.26 Å². The van der Waals surface area contributed by atoms with Gasteiger partial charge in [-0.2, -0.15) is 18.4 Å². The van der Waals surface area contributed by atoms with Crippen molar-refractivity contribution in [2.45, 2.75) is 6.18 Å². The Morgan fingerprint density at radius 3 is 2.38 bits per heavy atom. The number of methoxy groups -OCH3 is 2. The van der Waals surface area contributed by atoms with Gasteiger partial charge in [-0.05, 0) is 54.1 Å². The number of hydrogen-bond acceptors (Lipinski definition) is 6. The molecule has 12 heteroatoms. The maximum Gasteiger partial charge on any atom is 0.416 e. The van der Waals surface area contributed by atoms with E-state index in [1.54, 1.807) is 30.3 Å². The van der Waals surface area contributed by atoms with E-state index in [-0.39, 0.29) is 27.8 Å². The van der Waals surface area contributed by atoms with Crippen molar-refractivity contribution in [1.82, 2.24) is 0 Å². The Hall–Kier alpha value is -4.69. The molecule has 0 radical (unpaired) electrons. The highest BCUT2D eigenvalue weighted by Gasteiger charge is 2.30. The van der Waals surface area contributed by atoms with E-state index in [0.717, 1.165) is 18.2 Å². The minimum Gasteiger partial charge on any atom is -0.495 e. The molecule has 0 saturated heterocycles. The van der Waals surface area contributed by atoms with Gasteiger partial charge in [0.05, 0.1) is 30.5 Å². The predicted molar refractivity (Wildman–Crippen MR) is 139 cm³/mol. The summed E-state index contributed by atoms with van der Waals surface area (Å²) in [6, 6.07) is 15.3. The number of hydrogen-bond donors (Lipinski definition) is 2. The van der Waals surface area contributed by atoms with Crippen LogP contribution in [0.4, 0.5) is 24.5 Å². The van der Waals surface area contributed by atoms with Crippen LogP contribution < -0.4 is 24.8 Å². The normalized spacial score (nSPS) is 11.3. The summed E-state index contributed by atoms with van der Waals surface area (Å²) in [6.45, 7) is -0.424. The van der Waals surface area contributed by atoms with Gasteiger partial charge in [0.25, 0.3) is 11.8 Å². The number of alkyl halides is 3. The van der Waals surface area contributed by atoms with E-state index in [0.29, 0.717) is 11.4 Å². The third kappa shape index (κ3) is 7.66. The van der Waals surface area contributed by atoms with Crippen molar-refractivity contribution >= 4 is 40.9 Å². The molecule has 2 N–H and O–H groups in total. The summed E-state index contributed by atoms with van der Waals surface area (Å²) in [4.78, 5) is 25.0. The van der Waals surface area contributed by atoms with Gasteiger partial charge < -0.3 is 24.8 Å². The summed E-state index contributed by atoms with van der Waals surface area (Å²) in [5.41, 5.74) is -0.790. The fraction of sp³-hybridized carbons (Fsp3) is 0.148. The van der Waals surface area contributed by atoms with E-state index < -0.39 is 35.7 Å². The van der Waals surface area contributed by atoms with Gasteiger partial charge in [0.1, 0.15) is 17.4 Å². The topological polar surface area (TPSA) is 110 Å². The number of carbonyl (C=O) groups is 2. The van der Waals surface area contributed by atoms with Crippen molar-refractivity contribution in [2.75, 3.05) is 31.5 Å². The molecule has 0 bridgehead atoms. The molecule has 0 aliphatic carbocycles. The molecule has 0 aliphatic heterocycles. The molecule has 0 aliphatic rings. The number of nitrogens with one attached hydrogen (secondary N) is 2. The lowest BCUT2D eigenvalue weighted by Gasteiger charge is -2.14. The number of benzene rings is 3. The zero-order valence-corrected chi connectivity index (χ0v) is 21.3. The molecular weight excluding hydrogens is 539 g/mol. The van der Waals surface area contributed by atoms with E-state index in [1.807, 2.05) is 0 Å². The number of nitrogens with zero attached hydrogens (tertiary/aromatic N) is 1. The van der Waals surface area contributed by atoms with Gasteiger partial charge in [-0.3, -0.25) is 9.59 Å². The van der Waals surface area contributed by atoms with Gasteiger partial charge in [-0.15, -0.1) is 0 Å². The molecule has 39 heavy (non-hydrogen) atoms. The van der Waals surface area contributed by atoms with Crippen molar-refractivity contribution in [3.8, 4) is 23.3 Å². The minimum absolute atomic E-state index is 0.0151. The summed E-state index contributed by atoms with van der Waals surface area (Å²) in [6.07, 6.45) is -3.42. The highest BCUT2D eigenvalue weighted by molar-refractivity contribution is 6.32. The number of para-hydroxylation sites is 2. The second kappa shape index (κ2) is 12.7. The number of halogens is 4. The van der Waals surface area contributed by atoms with Crippen LogP contribution in [0.5, 0.6) is 17.2 Å². The Morgan fingerprint density at radius 2 is 1.72 bits per heavy atom. The lowest BCUT2D eigenvalue weighted by molar-refractivity contribution is -0.137. The van der Waals surface area contributed by atoms with Crippen LogP contribution in [0.1, 0.15) is 11.1 Å². The summed E-state index contributed by atoms with van der Waals surface area (Å²) in [7, 11) is 2.79. The van der Waals surface area contributed by atoms with Crippen LogP contribution in [0, 0.1) is 11.3 Å². The van der Waals surface area contributed by atoms with E-state index in [2.05, 4.69) is 10.6 Å². The standard InChI is InChI=1S/C27H21ClF3N3O5/c1-37-22-9-4-3-8-21(22)34-24(35)15-39-25-20(28)11-16(12-23(25)38-2)10-17(14-32)26(36)33-19-7-5-6-18(13-19)27(29,30)31/h3-13H,15H2,1-2H3,(H,33,36)(H,34,35)/b17-10+. The van der Waals surface area contributed by atoms with Gasteiger partial charge in [0.2, 0.25) is 0 Å². The first-order chi connectivity index (χ1) is 18.5. The van der Waals surface area contributed by atoms with Crippen molar-refractivity contribution in [3.63, 3.8) is 0 Å². The molecule has 3 aromatic carbocycles. The van der Waals surface area contributed by atoms with Gasteiger partial charge in [-0.25, -0.2) is 0 Å². The lowest BCUT2D eigenvalue weighted by atomic mass is 10.1. The second-order valence-electron chi connectivity index (χ2n) is 7.77. The van der Waals surface area contributed by atoms with E-state index in [9.17, 15) is 28.0 Å². The van der Waals surface area contributed by atoms with Crippen LogP contribution in [-0.4, -0.2) is 32.6 Å². The van der Waals surface area contributed by atoms with Crippen LogP contribution in [0.2, 0.25) is 5.02 Å². The molecule has 3 aromatic rings. The van der Waals surface area contributed by atoms with Gasteiger partial charge in [0, 0.05) is 5.69 Å². The van der Waals surface area contributed by atoms with Gasteiger partial charge in [-0.1, -0.05) is 29.8 Å². The summed E-state index contributed by atoms with van der Waals surface area (Å²) >= 11 is 6.32. The Balaban J connectivity index is 1.75.